The van der Waals surface area contributed by atoms with Crippen molar-refractivity contribution in [2.24, 2.45) is 0 Å². The first-order chi connectivity index (χ1) is 9.22. The van der Waals surface area contributed by atoms with E-state index in [0.717, 1.165) is 4.90 Å². The van der Waals surface area contributed by atoms with Gasteiger partial charge in [-0.1, -0.05) is 25.3 Å². The summed E-state index contributed by atoms with van der Waals surface area (Å²) in [5.74, 6) is -0.270. The number of rotatable bonds is 4. The van der Waals surface area contributed by atoms with Crippen molar-refractivity contribution in [3.63, 3.8) is 0 Å². The molecule has 2 rings (SSSR count). The van der Waals surface area contributed by atoms with Crippen LogP contribution in [-0.2, 0) is 4.74 Å². The highest BCUT2D eigenvalue weighted by atomic mass is 32.2. The van der Waals surface area contributed by atoms with Crippen LogP contribution in [0, 0.1) is 0 Å². The van der Waals surface area contributed by atoms with Crippen LogP contribution in [0.2, 0.25) is 0 Å². The zero-order valence-electron chi connectivity index (χ0n) is 11.4. The summed E-state index contributed by atoms with van der Waals surface area (Å²) in [5.41, 5.74) is 7.33. The molecule has 19 heavy (non-hydrogen) atoms. The van der Waals surface area contributed by atoms with Gasteiger partial charge in [0, 0.05) is 15.8 Å². The second-order valence-electron chi connectivity index (χ2n) is 4.82. The van der Waals surface area contributed by atoms with E-state index < -0.39 is 0 Å². The van der Waals surface area contributed by atoms with Crippen molar-refractivity contribution in [2.75, 3.05) is 12.3 Å². The Labute approximate surface area is 118 Å². The van der Waals surface area contributed by atoms with Crippen molar-refractivity contribution in [1.29, 1.82) is 0 Å². The van der Waals surface area contributed by atoms with Crippen LogP contribution in [0.5, 0.6) is 0 Å². The second kappa shape index (κ2) is 6.85. The zero-order chi connectivity index (χ0) is 13.7. The molecule has 0 amide bonds. The molecule has 1 aliphatic rings. The molecule has 0 heterocycles. The van der Waals surface area contributed by atoms with E-state index in [1.807, 2.05) is 19.1 Å². The maximum absolute atomic E-state index is 12.0. The first kappa shape index (κ1) is 14.3. The molecule has 1 aromatic carbocycles. The minimum Gasteiger partial charge on any atom is -0.462 e. The summed E-state index contributed by atoms with van der Waals surface area (Å²) in [4.78, 5) is 12.9. The number of ether oxygens (including phenoxy) is 1. The molecule has 4 heteroatoms. The molecule has 1 aliphatic carbocycles. The molecule has 0 spiro atoms. The van der Waals surface area contributed by atoms with Crippen LogP contribution in [0.25, 0.3) is 0 Å². The van der Waals surface area contributed by atoms with Gasteiger partial charge in [0.05, 0.1) is 12.2 Å². The van der Waals surface area contributed by atoms with Gasteiger partial charge in [-0.25, -0.2) is 4.79 Å². The lowest BCUT2D eigenvalue weighted by molar-refractivity contribution is 0.0522. The second-order valence-corrected chi connectivity index (χ2v) is 6.13. The lowest BCUT2D eigenvalue weighted by atomic mass is 10.0. The number of thioether (sulfide) groups is 1. The fourth-order valence-corrected chi connectivity index (χ4v) is 3.79. The summed E-state index contributed by atoms with van der Waals surface area (Å²) >= 11 is 1.75. The normalized spacial score (nSPS) is 16.3. The van der Waals surface area contributed by atoms with Crippen LogP contribution in [0.3, 0.4) is 0 Å². The van der Waals surface area contributed by atoms with E-state index in [1.54, 1.807) is 17.8 Å². The SMILES string of the molecule is CCOC(=O)c1cccc(N)c1SC1CCCCC1. The van der Waals surface area contributed by atoms with E-state index in [4.69, 9.17) is 10.5 Å². The predicted octanol–water partition coefficient (Wildman–Crippen LogP) is 3.87. The number of carbonyl (C=O) groups excluding carboxylic acids is 1. The van der Waals surface area contributed by atoms with Crippen molar-refractivity contribution >= 4 is 23.4 Å². The van der Waals surface area contributed by atoms with Crippen LogP contribution in [0.4, 0.5) is 5.69 Å². The molecule has 0 bridgehead atoms. The zero-order valence-corrected chi connectivity index (χ0v) is 12.2. The van der Waals surface area contributed by atoms with Gasteiger partial charge in [-0.3, -0.25) is 0 Å². The van der Waals surface area contributed by atoms with Gasteiger partial charge in [-0.2, -0.15) is 0 Å². The lowest BCUT2D eigenvalue weighted by Gasteiger charge is -2.22. The molecule has 1 fully saturated rings. The fourth-order valence-electron chi connectivity index (χ4n) is 2.41. The molecule has 1 aromatic rings. The monoisotopic (exact) mass is 279 g/mol. The highest BCUT2D eigenvalue weighted by Crippen LogP contribution is 2.38. The molecule has 3 nitrogen and oxygen atoms in total. The van der Waals surface area contributed by atoms with E-state index >= 15 is 0 Å². The molecule has 0 saturated heterocycles. The van der Waals surface area contributed by atoms with Gasteiger partial charge in [0.2, 0.25) is 0 Å². The third-order valence-electron chi connectivity index (χ3n) is 3.38. The van der Waals surface area contributed by atoms with E-state index in [2.05, 4.69) is 0 Å². The number of esters is 1. The Hall–Kier alpha value is -1.16. The minimum atomic E-state index is -0.270. The number of carbonyl (C=O) groups is 1. The summed E-state index contributed by atoms with van der Waals surface area (Å²) in [5, 5.41) is 0.576. The number of nitrogen functional groups attached to an aromatic ring is 1. The van der Waals surface area contributed by atoms with Crippen molar-refractivity contribution in [3.8, 4) is 0 Å². The van der Waals surface area contributed by atoms with Gasteiger partial charge in [0.15, 0.2) is 0 Å². The van der Waals surface area contributed by atoms with Crippen molar-refractivity contribution in [1.82, 2.24) is 0 Å². The topological polar surface area (TPSA) is 52.3 Å². The molecule has 2 N–H and O–H groups in total. The predicted molar refractivity (Wildman–Crippen MR) is 79.5 cm³/mol. The Morgan fingerprint density at radius 3 is 2.79 bits per heavy atom. The largest absolute Gasteiger partial charge is 0.462 e. The highest BCUT2D eigenvalue weighted by molar-refractivity contribution is 8.00. The molecule has 0 aliphatic heterocycles. The Morgan fingerprint density at radius 1 is 1.37 bits per heavy atom. The molecular weight excluding hydrogens is 258 g/mol. The van der Waals surface area contributed by atoms with Crippen LogP contribution < -0.4 is 5.73 Å². The van der Waals surface area contributed by atoms with Gasteiger partial charge in [-0.15, -0.1) is 11.8 Å². The molecule has 0 unspecified atom stereocenters. The molecular formula is C15H21NO2S. The summed E-state index contributed by atoms with van der Waals surface area (Å²) in [6, 6.07) is 5.47. The summed E-state index contributed by atoms with van der Waals surface area (Å²) in [6.07, 6.45) is 6.30. The smallest absolute Gasteiger partial charge is 0.339 e. The van der Waals surface area contributed by atoms with E-state index in [9.17, 15) is 4.79 Å². The Kier molecular flexibility index (Phi) is 5.14. The number of nitrogens with two attached hydrogens (primary N) is 1. The fraction of sp³-hybridized carbons (Fsp3) is 0.533. The lowest BCUT2D eigenvalue weighted by Crippen LogP contribution is -2.12. The van der Waals surface area contributed by atoms with E-state index in [-0.39, 0.29) is 5.97 Å². The van der Waals surface area contributed by atoms with Crippen molar-refractivity contribution in [3.05, 3.63) is 23.8 Å². The molecule has 0 atom stereocenters. The molecule has 1 saturated carbocycles. The highest BCUT2D eigenvalue weighted by Gasteiger charge is 2.21. The number of anilines is 1. The maximum Gasteiger partial charge on any atom is 0.339 e. The van der Waals surface area contributed by atoms with Gasteiger partial charge >= 0.3 is 5.97 Å². The average molecular weight is 279 g/mol. The summed E-state index contributed by atoms with van der Waals surface area (Å²) in [6.45, 7) is 2.21. The maximum atomic E-state index is 12.0. The first-order valence-corrected chi connectivity index (χ1v) is 7.82. The molecule has 0 radical (unpaired) electrons. The minimum absolute atomic E-state index is 0.270. The standard InChI is InChI=1S/C15H21NO2S/c1-2-18-15(17)12-9-6-10-13(16)14(12)19-11-7-4-3-5-8-11/h6,9-11H,2-5,7-8,16H2,1H3. The van der Waals surface area contributed by atoms with Crippen LogP contribution >= 0.6 is 11.8 Å². The van der Waals surface area contributed by atoms with Crippen molar-refractivity contribution in [2.45, 2.75) is 49.2 Å². The Bertz CT molecular complexity index is 442. The molecule has 0 aromatic heterocycles. The van der Waals surface area contributed by atoms with Gasteiger partial charge in [0.25, 0.3) is 0 Å². The number of hydrogen-bond donors (Lipinski definition) is 1. The number of hydrogen-bond acceptors (Lipinski definition) is 4. The van der Waals surface area contributed by atoms with Gasteiger partial charge in [0.1, 0.15) is 0 Å². The van der Waals surface area contributed by atoms with Crippen LogP contribution in [0.15, 0.2) is 23.1 Å². The average Bonchev–Trinajstić information content (AvgIpc) is 2.42. The Morgan fingerprint density at radius 2 is 2.11 bits per heavy atom. The van der Waals surface area contributed by atoms with Gasteiger partial charge < -0.3 is 10.5 Å². The van der Waals surface area contributed by atoms with E-state index in [1.165, 1.54) is 32.1 Å². The van der Waals surface area contributed by atoms with E-state index in [0.29, 0.717) is 23.1 Å². The quantitative estimate of drug-likeness (QED) is 0.671. The van der Waals surface area contributed by atoms with Gasteiger partial charge in [-0.05, 0) is 31.9 Å². The van der Waals surface area contributed by atoms with Crippen molar-refractivity contribution < 1.29 is 9.53 Å². The molecule has 104 valence electrons. The summed E-state index contributed by atoms with van der Waals surface area (Å²) in [7, 11) is 0. The first-order valence-electron chi connectivity index (χ1n) is 6.94. The third kappa shape index (κ3) is 3.66. The third-order valence-corrected chi connectivity index (χ3v) is 4.87. The van der Waals surface area contributed by atoms with Crippen LogP contribution in [-0.4, -0.2) is 17.8 Å². The van der Waals surface area contributed by atoms with Crippen LogP contribution in [0.1, 0.15) is 49.4 Å². The Balaban J connectivity index is 2.19. The summed E-state index contributed by atoms with van der Waals surface area (Å²) < 4.78 is 5.10. The number of benzene rings is 1.